The molecule has 0 aromatic heterocycles. The largest absolute Gasteiger partial charge is 0.315 e. The summed E-state index contributed by atoms with van der Waals surface area (Å²) in [7, 11) is -3.50. The highest BCUT2D eigenvalue weighted by molar-refractivity contribution is 7.89. The van der Waals surface area contributed by atoms with Crippen LogP contribution in [0.15, 0.2) is 23.1 Å². The second kappa shape index (κ2) is 6.63. The fraction of sp³-hybridized carbons (Fsp3) is 0.571. The van der Waals surface area contributed by atoms with Gasteiger partial charge in [-0.2, -0.15) is 4.31 Å². The molecule has 1 N–H and O–H groups in total. The van der Waals surface area contributed by atoms with E-state index in [1.54, 1.807) is 0 Å². The van der Waals surface area contributed by atoms with Crippen molar-refractivity contribution in [2.45, 2.75) is 17.4 Å². The number of piperazine rings is 1. The van der Waals surface area contributed by atoms with Crippen LogP contribution < -0.4 is 5.32 Å². The van der Waals surface area contributed by atoms with Gasteiger partial charge in [0.1, 0.15) is 0 Å². The van der Waals surface area contributed by atoms with Crippen LogP contribution in [0.1, 0.15) is 6.42 Å². The fourth-order valence-electron chi connectivity index (χ4n) is 3.05. The van der Waals surface area contributed by atoms with Gasteiger partial charge >= 0.3 is 0 Å². The van der Waals surface area contributed by atoms with Gasteiger partial charge in [-0.05, 0) is 31.2 Å². The van der Waals surface area contributed by atoms with Crippen molar-refractivity contribution in [3.05, 3.63) is 28.2 Å². The minimum absolute atomic E-state index is 0.206. The van der Waals surface area contributed by atoms with E-state index in [2.05, 4.69) is 10.2 Å². The van der Waals surface area contributed by atoms with Crippen LogP contribution in [0.5, 0.6) is 0 Å². The van der Waals surface area contributed by atoms with Gasteiger partial charge in [-0.15, -0.1) is 0 Å². The highest BCUT2D eigenvalue weighted by atomic mass is 35.5. The summed E-state index contributed by atoms with van der Waals surface area (Å²) >= 11 is 11.8. The second-order valence-electron chi connectivity index (χ2n) is 5.66. The summed E-state index contributed by atoms with van der Waals surface area (Å²) in [6, 6.07) is 5.00. The molecule has 1 unspecified atom stereocenters. The van der Waals surface area contributed by atoms with E-state index in [1.807, 2.05) is 0 Å². The number of benzene rings is 1. The third-order valence-electron chi connectivity index (χ3n) is 4.35. The molecule has 0 radical (unpaired) electrons. The average molecular weight is 364 g/mol. The Morgan fingerprint density at radius 1 is 1.09 bits per heavy atom. The summed E-state index contributed by atoms with van der Waals surface area (Å²) in [5.41, 5.74) is 0. The highest BCUT2D eigenvalue weighted by Crippen LogP contribution is 2.27. The maximum atomic E-state index is 12.7. The summed E-state index contributed by atoms with van der Waals surface area (Å²) in [4.78, 5) is 2.58. The van der Waals surface area contributed by atoms with Crippen LogP contribution >= 0.6 is 23.2 Å². The van der Waals surface area contributed by atoms with E-state index < -0.39 is 10.0 Å². The maximum Gasteiger partial charge on any atom is 0.243 e. The maximum absolute atomic E-state index is 12.7. The zero-order valence-electron chi connectivity index (χ0n) is 12.1. The van der Waals surface area contributed by atoms with Crippen LogP contribution in [-0.2, 0) is 10.0 Å². The molecule has 1 aromatic carbocycles. The van der Waals surface area contributed by atoms with Crippen molar-refractivity contribution in [2.75, 3.05) is 39.3 Å². The molecule has 2 aliphatic rings. The number of nitrogens with one attached hydrogen (secondary N) is 1. The summed E-state index contributed by atoms with van der Waals surface area (Å²) in [6.45, 7) is 4.62. The van der Waals surface area contributed by atoms with Crippen molar-refractivity contribution in [3.63, 3.8) is 0 Å². The van der Waals surface area contributed by atoms with E-state index in [9.17, 15) is 8.42 Å². The molecule has 3 rings (SSSR count). The molecule has 122 valence electrons. The summed E-state index contributed by atoms with van der Waals surface area (Å²) in [5, 5.41) is 3.97. The lowest BCUT2D eigenvalue weighted by atomic mass is 10.2. The Morgan fingerprint density at radius 3 is 2.41 bits per heavy atom. The molecule has 8 heteroatoms. The number of sulfonamides is 1. The van der Waals surface area contributed by atoms with E-state index in [0.717, 1.165) is 32.6 Å². The van der Waals surface area contributed by atoms with Gasteiger partial charge in [0, 0.05) is 38.8 Å². The smallest absolute Gasteiger partial charge is 0.243 e. The van der Waals surface area contributed by atoms with Crippen LogP contribution in [0, 0.1) is 0 Å². The Balaban J connectivity index is 1.70. The summed E-state index contributed by atoms with van der Waals surface area (Å²) < 4.78 is 26.9. The van der Waals surface area contributed by atoms with Gasteiger partial charge in [0.15, 0.2) is 0 Å². The number of hydrogen-bond donors (Lipinski definition) is 1. The van der Waals surface area contributed by atoms with Gasteiger partial charge in [0.25, 0.3) is 0 Å². The van der Waals surface area contributed by atoms with Crippen LogP contribution in [0.4, 0.5) is 0 Å². The number of nitrogens with zero attached hydrogens (tertiary/aromatic N) is 2. The Kier molecular flexibility index (Phi) is 4.97. The normalized spacial score (nSPS) is 24.7. The lowest BCUT2D eigenvalue weighted by Crippen LogP contribution is -2.52. The van der Waals surface area contributed by atoms with E-state index in [1.165, 1.54) is 22.5 Å². The Labute approximate surface area is 141 Å². The molecule has 2 aliphatic heterocycles. The summed E-state index contributed by atoms with van der Waals surface area (Å²) in [5.74, 6) is 0. The molecule has 0 bridgehead atoms. The van der Waals surface area contributed by atoms with E-state index in [4.69, 9.17) is 23.2 Å². The zero-order chi connectivity index (χ0) is 15.7. The SMILES string of the molecule is O=S(=O)(c1ccc(Cl)c(Cl)c1)N1CCN(C2CCNC2)CC1. The Hall–Kier alpha value is -0.370. The van der Waals surface area contributed by atoms with Gasteiger partial charge in [0.05, 0.1) is 14.9 Å². The first-order chi connectivity index (χ1) is 10.5. The van der Waals surface area contributed by atoms with Gasteiger partial charge in [0.2, 0.25) is 10.0 Å². The van der Waals surface area contributed by atoms with Crippen LogP contribution in [0.2, 0.25) is 10.0 Å². The predicted molar refractivity (Wildman–Crippen MR) is 88.1 cm³/mol. The van der Waals surface area contributed by atoms with Crippen LogP contribution in [0.25, 0.3) is 0 Å². The third-order valence-corrected chi connectivity index (χ3v) is 6.99. The van der Waals surface area contributed by atoms with Crippen LogP contribution in [-0.4, -0.2) is 62.9 Å². The minimum atomic E-state index is -3.50. The summed E-state index contributed by atoms with van der Waals surface area (Å²) in [6.07, 6.45) is 1.14. The molecule has 1 aromatic rings. The lowest BCUT2D eigenvalue weighted by molar-refractivity contribution is 0.145. The molecule has 0 spiro atoms. The lowest BCUT2D eigenvalue weighted by Gasteiger charge is -2.37. The Bertz CT molecular complexity index is 639. The monoisotopic (exact) mass is 363 g/mol. The first-order valence-corrected chi connectivity index (χ1v) is 9.58. The molecule has 2 fully saturated rings. The van der Waals surface area contributed by atoms with Crippen molar-refractivity contribution >= 4 is 33.2 Å². The van der Waals surface area contributed by atoms with Crippen molar-refractivity contribution in [3.8, 4) is 0 Å². The van der Waals surface area contributed by atoms with Gasteiger partial charge in [-0.1, -0.05) is 23.2 Å². The van der Waals surface area contributed by atoms with Gasteiger partial charge in [-0.3, -0.25) is 4.90 Å². The number of hydrogen-bond acceptors (Lipinski definition) is 4. The van der Waals surface area contributed by atoms with Gasteiger partial charge in [-0.25, -0.2) is 8.42 Å². The zero-order valence-corrected chi connectivity index (χ0v) is 14.5. The molecule has 2 saturated heterocycles. The standard InChI is InChI=1S/C14H19Cl2N3O2S/c15-13-2-1-12(9-14(13)16)22(20,21)19-7-5-18(6-8-19)11-3-4-17-10-11/h1-2,9,11,17H,3-8,10H2. The van der Waals surface area contributed by atoms with E-state index in [0.29, 0.717) is 24.2 Å². The molecule has 0 aliphatic carbocycles. The first-order valence-electron chi connectivity index (χ1n) is 7.38. The predicted octanol–water partition coefficient (Wildman–Crippen LogP) is 1.66. The number of halogens is 2. The quantitative estimate of drug-likeness (QED) is 0.887. The Morgan fingerprint density at radius 2 is 1.82 bits per heavy atom. The van der Waals surface area contributed by atoms with E-state index in [-0.39, 0.29) is 9.92 Å². The minimum Gasteiger partial charge on any atom is -0.315 e. The molecular weight excluding hydrogens is 345 g/mol. The average Bonchev–Trinajstić information content (AvgIpc) is 3.04. The van der Waals surface area contributed by atoms with Crippen molar-refractivity contribution < 1.29 is 8.42 Å². The third kappa shape index (κ3) is 3.27. The van der Waals surface area contributed by atoms with Crippen molar-refractivity contribution in [1.29, 1.82) is 0 Å². The fourth-order valence-corrected chi connectivity index (χ4v) is 4.86. The first kappa shape index (κ1) is 16.5. The van der Waals surface area contributed by atoms with Crippen LogP contribution in [0.3, 0.4) is 0 Å². The molecule has 1 atom stereocenters. The molecule has 22 heavy (non-hydrogen) atoms. The van der Waals surface area contributed by atoms with E-state index >= 15 is 0 Å². The molecule has 0 amide bonds. The highest BCUT2D eigenvalue weighted by Gasteiger charge is 2.32. The second-order valence-corrected chi connectivity index (χ2v) is 8.41. The molecule has 0 saturated carbocycles. The number of rotatable bonds is 3. The molecule has 5 nitrogen and oxygen atoms in total. The molecular formula is C14H19Cl2N3O2S. The van der Waals surface area contributed by atoms with Crippen molar-refractivity contribution in [1.82, 2.24) is 14.5 Å². The van der Waals surface area contributed by atoms with Gasteiger partial charge < -0.3 is 5.32 Å². The topological polar surface area (TPSA) is 52.7 Å². The van der Waals surface area contributed by atoms with Crippen molar-refractivity contribution in [2.24, 2.45) is 0 Å². The molecule has 2 heterocycles.